The van der Waals surface area contributed by atoms with Gasteiger partial charge in [0.2, 0.25) is 5.91 Å². The summed E-state index contributed by atoms with van der Waals surface area (Å²) in [5.74, 6) is -0.0329. The summed E-state index contributed by atoms with van der Waals surface area (Å²) in [4.78, 5) is 33.9. The Morgan fingerprint density at radius 3 is 2.58 bits per heavy atom. The molecule has 1 atom stereocenters. The highest BCUT2D eigenvalue weighted by atomic mass is 32.1. The van der Waals surface area contributed by atoms with Crippen LogP contribution in [0.1, 0.15) is 48.1 Å². The molecule has 0 radical (unpaired) electrons. The van der Waals surface area contributed by atoms with E-state index in [4.69, 9.17) is 4.98 Å². The number of nitrogens with zero attached hydrogens (tertiary/aromatic N) is 3. The maximum atomic E-state index is 12.7. The molecule has 0 aliphatic carbocycles. The Morgan fingerprint density at radius 1 is 1.13 bits per heavy atom. The molecule has 7 heteroatoms. The van der Waals surface area contributed by atoms with Crippen LogP contribution in [0.5, 0.6) is 0 Å². The van der Waals surface area contributed by atoms with E-state index < -0.39 is 0 Å². The molecule has 162 valence electrons. The summed E-state index contributed by atoms with van der Waals surface area (Å²) in [6.07, 6.45) is 2.09. The van der Waals surface area contributed by atoms with Crippen LogP contribution in [0.3, 0.4) is 0 Å². The van der Waals surface area contributed by atoms with Crippen LogP contribution in [0, 0.1) is 0 Å². The first kappa shape index (κ1) is 21.5. The second-order valence-electron chi connectivity index (χ2n) is 7.75. The van der Waals surface area contributed by atoms with Gasteiger partial charge in [-0.15, -0.1) is 11.3 Å². The highest BCUT2D eigenvalue weighted by molar-refractivity contribution is 7.18. The lowest BCUT2D eigenvalue weighted by Gasteiger charge is -2.22. The van der Waals surface area contributed by atoms with Gasteiger partial charge in [-0.1, -0.05) is 12.1 Å². The quantitative estimate of drug-likeness (QED) is 0.590. The van der Waals surface area contributed by atoms with Crippen molar-refractivity contribution in [2.24, 2.45) is 0 Å². The molecule has 6 nitrogen and oxygen atoms in total. The minimum atomic E-state index is -0.0455. The van der Waals surface area contributed by atoms with Gasteiger partial charge in [-0.05, 0) is 69.6 Å². The van der Waals surface area contributed by atoms with Crippen molar-refractivity contribution in [2.75, 3.05) is 31.5 Å². The van der Waals surface area contributed by atoms with Crippen molar-refractivity contribution in [2.45, 2.75) is 32.7 Å². The van der Waals surface area contributed by atoms with Gasteiger partial charge in [0.25, 0.3) is 5.91 Å². The third-order valence-electron chi connectivity index (χ3n) is 5.77. The largest absolute Gasteiger partial charge is 0.339 e. The van der Waals surface area contributed by atoms with Gasteiger partial charge in [-0.25, -0.2) is 4.98 Å². The van der Waals surface area contributed by atoms with Crippen LogP contribution in [0.4, 0.5) is 5.69 Å². The van der Waals surface area contributed by atoms with Crippen molar-refractivity contribution < 1.29 is 9.59 Å². The normalized spacial score (nSPS) is 16.5. The lowest BCUT2D eigenvalue weighted by atomic mass is 10.1. The topological polar surface area (TPSA) is 65.5 Å². The Kier molecular flexibility index (Phi) is 6.63. The Hall–Kier alpha value is -2.77. The number of para-hydroxylation sites is 1. The van der Waals surface area contributed by atoms with Gasteiger partial charge in [0.05, 0.1) is 22.8 Å². The van der Waals surface area contributed by atoms with Gasteiger partial charge in [0.1, 0.15) is 5.01 Å². The molecular weight excluding hydrogens is 408 g/mol. The molecule has 2 amide bonds. The first-order valence-corrected chi connectivity index (χ1v) is 11.7. The SMILES string of the molecule is CCN(CC)C(=O)c1ccc(NC(=O)CN2CCCC2c2nc3ccccc3s2)cc1. The zero-order chi connectivity index (χ0) is 21.8. The summed E-state index contributed by atoms with van der Waals surface area (Å²) in [5, 5.41) is 4.06. The first-order chi connectivity index (χ1) is 15.1. The maximum absolute atomic E-state index is 12.7. The lowest BCUT2D eigenvalue weighted by molar-refractivity contribution is -0.117. The Morgan fingerprint density at radius 2 is 1.87 bits per heavy atom. The number of benzene rings is 2. The van der Waals surface area contributed by atoms with Gasteiger partial charge in [0, 0.05) is 24.3 Å². The van der Waals surface area contributed by atoms with E-state index in [0.29, 0.717) is 30.9 Å². The summed E-state index contributed by atoms with van der Waals surface area (Å²) < 4.78 is 1.19. The van der Waals surface area contributed by atoms with Crippen molar-refractivity contribution >= 4 is 39.1 Å². The molecule has 1 fully saturated rings. The molecule has 4 rings (SSSR count). The fourth-order valence-electron chi connectivity index (χ4n) is 4.10. The van der Waals surface area contributed by atoms with Gasteiger partial charge >= 0.3 is 0 Å². The van der Waals surface area contributed by atoms with E-state index in [1.807, 2.05) is 32.0 Å². The molecule has 1 saturated heterocycles. The zero-order valence-electron chi connectivity index (χ0n) is 18.0. The molecular formula is C24H28N4O2S. The predicted molar refractivity (Wildman–Crippen MR) is 125 cm³/mol. The minimum Gasteiger partial charge on any atom is -0.339 e. The number of amides is 2. The van der Waals surface area contributed by atoms with E-state index in [2.05, 4.69) is 16.3 Å². The highest BCUT2D eigenvalue weighted by Gasteiger charge is 2.30. The average molecular weight is 437 g/mol. The number of carbonyl (C=O) groups excluding carboxylic acids is 2. The summed E-state index contributed by atoms with van der Waals surface area (Å²) >= 11 is 1.72. The number of aromatic nitrogens is 1. The molecule has 0 spiro atoms. The van der Waals surface area contributed by atoms with Crippen molar-refractivity contribution in [3.8, 4) is 0 Å². The number of rotatable bonds is 7. The molecule has 1 aliphatic rings. The van der Waals surface area contributed by atoms with Crippen LogP contribution in [0.15, 0.2) is 48.5 Å². The second kappa shape index (κ2) is 9.58. The van der Waals surface area contributed by atoms with Crippen molar-refractivity contribution in [3.63, 3.8) is 0 Å². The number of hydrogen-bond donors (Lipinski definition) is 1. The molecule has 1 N–H and O–H groups in total. The van der Waals surface area contributed by atoms with Crippen molar-refractivity contribution in [3.05, 3.63) is 59.1 Å². The molecule has 1 aliphatic heterocycles. The summed E-state index contributed by atoms with van der Waals surface area (Å²) in [7, 11) is 0. The third-order valence-corrected chi connectivity index (χ3v) is 6.91. The van der Waals surface area contributed by atoms with Crippen LogP contribution < -0.4 is 5.32 Å². The standard InChI is InChI=1S/C24H28N4O2S/c1-3-27(4-2)24(30)17-11-13-18(14-12-17)25-22(29)16-28-15-7-9-20(28)23-26-19-8-5-6-10-21(19)31-23/h5-6,8,10-14,20H,3-4,7,9,15-16H2,1-2H3,(H,25,29). The molecule has 1 aromatic heterocycles. The summed E-state index contributed by atoms with van der Waals surface area (Å²) in [6, 6.07) is 15.5. The zero-order valence-corrected chi connectivity index (χ0v) is 18.8. The van der Waals surface area contributed by atoms with E-state index in [9.17, 15) is 9.59 Å². The molecule has 31 heavy (non-hydrogen) atoms. The van der Waals surface area contributed by atoms with Crippen LogP contribution >= 0.6 is 11.3 Å². The van der Waals surface area contributed by atoms with Crippen LogP contribution in [0.2, 0.25) is 0 Å². The highest BCUT2D eigenvalue weighted by Crippen LogP contribution is 2.36. The van der Waals surface area contributed by atoms with Crippen molar-refractivity contribution in [1.29, 1.82) is 0 Å². The number of thiazole rings is 1. The molecule has 2 heterocycles. The Bertz CT molecular complexity index is 1030. The second-order valence-corrected chi connectivity index (χ2v) is 8.81. The molecule has 0 bridgehead atoms. The smallest absolute Gasteiger partial charge is 0.253 e. The van der Waals surface area contributed by atoms with Gasteiger partial charge in [0.15, 0.2) is 0 Å². The van der Waals surface area contributed by atoms with E-state index in [0.717, 1.165) is 29.9 Å². The number of anilines is 1. The van der Waals surface area contributed by atoms with Crippen LogP contribution in [-0.2, 0) is 4.79 Å². The van der Waals surface area contributed by atoms with Crippen LogP contribution in [0.25, 0.3) is 10.2 Å². The summed E-state index contributed by atoms with van der Waals surface area (Å²) in [6.45, 7) is 6.52. The summed E-state index contributed by atoms with van der Waals surface area (Å²) in [5.41, 5.74) is 2.37. The van der Waals surface area contributed by atoms with E-state index in [1.165, 1.54) is 4.70 Å². The Labute approximate surface area is 186 Å². The number of fused-ring (bicyclic) bond motifs is 1. The van der Waals surface area contributed by atoms with E-state index >= 15 is 0 Å². The van der Waals surface area contributed by atoms with E-state index in [-0.39, 0.29) is 17.9 Å². The molecule has 2 aromatic carbocycles. The maximum Gasteiger partial charge on any atom is 0.253 e. The third kappa shape index (κ3) is 4.78. The number of carbonyl (C=O) groups is 2. The number of hydrogen-bond acceptors (Lipinski definition) is 5. The fourth-order valence-corrected chi connectivity index (χ4v) is 5.24. The minimum absolute atomic E-state index is 0.0126. The van der Waals surface area contributed by atoms with Crippen LogP contribution in [-0.4, -0.2) is 52.8 Å². The predicted octanol–water partition coefficient (Wildman–Crippen LogP) is 4.55. The van der Waals surface area contributed by atoms with Gasteiger partial charge in [-0.2, -0.15) is 0 Å². The fraction of sp³-hybridized carbons (Fsp3) is 0.375. The van der Waals surface area contributed by atoms with E-state index in [1.54, 1.807) is 40.5 Å². The van der Waals surface area contributed by atoms with Gasteiger partial charge < -0.3 is 10.2 Å². The first-order valence-electron chi connectivity index (χ1n) is 10.9. The molecule has 0 saturated carbocycles. The Balaban J connectivity index is 1.38. The average Bonchev–Trinajstić information content (AvgIpc) is 3.41. The monoisotopic (exact) mass is 436 g/mol. The lowest BCUT2D eigenvalue weighted by Crippen LogP contribution is -2.33. The number of nitrogens with one attached hydrogen (secondary N) is 1. The number of likely N-dealkylation sites (tertiary alicyclic amines) is 1. The molecule has 3 aromatic rings. The van der Waals surface area contributed by atoms with Gasteiger partial charge in [-0.3, -0.25) is 14.5 Å². The molecule has 1 unspecified atom stereocenters. The van der Waals surface area contributed by atoms with Crippen molar-refractivity contribution in [1.82, 2.24) is 14.8 Å².